The number of benzene rings is 3. The lowest BCUT2D eigenvalue weighted by atomic mass is 9.94. The molecule has 3 aromatic carbocycles. The number of hydrogen-bond donors (Lipinski definition) is 0. The number of nitrogens with zero attached hydrogens (tertiary/aromatic N) is 1. The normalized spacial score (nSPS) is 15.4. The highest BCUT2D eigenvalue weighted by Crippen LogP contribution is 2.39. The maximum atomic E-state index is 13.8. The first kappa shape index (κ1) is 28.6. The molecule has 0 spiro atoms. The maximum absolute atomic E-state index is 13.8. The first-order valence-corrected chi connectivity index (χ1v) is 13.1. The van der Waals surface area contributed by atoms with Crippen LogP contribution in [-0.4, -0.2) is 42.6 Å². The molecule has 0 bridgehead atoms. The SMILES string of the molecule is CCOC(=O)C(CC(=O)N1CC(OC(c2ccc(Cl)cc2)c2ccccc2C(F)(F)F)C1)Cc1ccccc1. The molecule has 0 aliphatic carbocycles. The van der Waals surface area contributed by atoms with Gasteiger partial charge in [0, 0.05) is 24.5 Å². The van der Waals surface area contributed by atoms with Crippen LogP contribution < -0.4 is 0 Å². The van der Waals surface area contributed by atoms with Gasteiger partial charge in [-0.25, -0.2) is 0 Å². The summed E-state index contributed by atoms with van der Waals surface area (Å²) in [6, 6.07) is 21.2. The molecule has 0 radical (unpaired) electrons. The Morgan fingerprint density at radius 3 is 2.26 bits per heavy atom. The highest BCUT2D eigenvalue weighted by atomic mass is 35.5. The molecule has 0 saturated carbocycles. The van der Waals surface area contributed by atoms with Gasteiger partial charge in [0.05, 0.1) is 24.2 Å². The van der Waals surface area contributed by atoms with Crippen molar-refractivity contribution in [2.24, 2.45) is 5.92 Å². The largest absolute Gasteiger partial charge is 0.466 e. The molecule has 0 aromatic heterocycles. The van der Waals surface area contributed by atoms with E-state index >= 15 is 0 Å². The lowest BCUT2D eigenvalue weighted by Crippen LogP contribution is -2.55. The van der Waals surface area contributed by atoms with E-state index in [1.165, 1.54) is 18.2 Å². The number of rotatable bonds is 10. The summed E-state index contributed by atoms with van der Waals surface area (Å²) in [5.41, 5.74) is 0.645. The van der Waals surface area contributed by atoms with Crippen molar-refractivity contribution in [2.75, 3.05) is 19.7 Å². The number of amides is 1. The van der Waals surface area contributed by atoms with Crippen LogP contribution in [0, 0.1) is 5.92 Å². The predicted molar refractivity (Wildman–Crippen MR) is 141 cm³/mol. The van der Waals surface area contributed by atoms with Gasteiger partial charge < -0.3 is 14.4 Å². The van der Waals surface area contributed by atoms with Crippen LogP contribution in [0.1, 0.15) is 41.7 Å². The first-order chi connectivity index (χ1) is 18.7. The molecule has 2 unspecified atom stereocenters. The molecular formula is C30H29ClF3NO4. The summed E-state index contributed by atoms with van der Waals surface area (Å²) >= 11 is 6.00. The summed E-state index contributed by atoms with van der Waals surface area (Å²) in [6.07, 6.45) is -5.71. The van der Waals surface area contributed by atoms with Crippen LogP contribution >= 0.6 is 11.6 Å². The summed E-state index contributed by atoms with van der Waals surface area (Å²) in [5.74, 6) is -1.31. The Bertz CT molecular complexity index is 1260. The van der Waals surface area contributed by atoms with E-state index in [-0.39, 0.29) is 37.6 Å². The minimum atomic E-state index is -4.56. The first-order valence-electron chi connectivity index (χ1n) is 12.7. The van der Waals surface area contributed by atoms with E-state index in [0.717, 1.165) is 11.6 Å². The second-order valence-electron chi connectivity index (χ2n) is 9.42. The standard InChI is InChI=1S/C30H29ClF3NO4/c1-2-38-29(37)22(16-20-8-4-3-5-9-20)17-27(36)35-18-24(19-35)39-28(21-12-14-23(31)15-13-21)25-10-6-7-11-26(25)30(32,33)34/h3-15,22,24,28H,2,16-19H2,1H3. The Balaban J connectivity index is 1.45. The minimum absolute atomic E-state index is 0.0117. The average molecular weight is 560 g/mol. The Kier molecular flexibility index (Phi) is 9.30. The van der Waals surface area contributed by atoms with Crippen molar-refractivity contribution in [2.45, 2.75) is 38.1 Å². The van der Waals surface area contributed by atoms with Gasteiger partial charge in [-0.15, -0.1) is 0 Å². The van der Waals surface area contributed by atoms with Gasteiger partial charge in [-0.1, -0.05) is 72.3 Å². The molecule has 3 aromatic rings. The molecule has 1 saturated heterocycles. The van der Waals surface area contributed by atoms with E-state index < -0.39 is 35.8 Å². The third-order valence-electron chi connectivity index (χ3n) is 6.62. The van der Waals surface area contributed by atoms with Crippen molar-refractivity contribution in [1.29, 1.82) is 0 Å². The third kappa shape index (κ3) is 7.40. The monoisotopic (exact) mass is 559 g/mol. The lowest BCUT2D eigenvalue weighted by molar-refractivity contribution is -0.157. The van der Waals surface area contributed by atoms with E-state index in [1.54, 1.807) is 36.1 Å². The molecule has 0 N–H and O–H groups in total. The molecule has 1 aliphatic heterocycles. The van der Waals surface area contributed by atoms with Crippen molar-refractivity contribution in [3.8, 4) is 0 Å². The highest BCUT2D eigenvalue weighted by Gasteiger charge is 2.39. The fraction of sp³-hybridized carbons (Fsp3) is 0.333. The van der Waals surface area contributed by atoms with Gasteiger partial charge in [-0.3, -0.25) is 9.59 Å². The summed E-state index contributed by atoms with van der Waals surface area (Å²) in [7, 11) is 0. The second kappa shape index (κ2) is 12.7. The summed E-state index contributed by atoms with van der Waals surface area (Å²) in [5, 5.41) is 0.452. The number of ether oxygens (including phenoxy) is 2. The zero-order valence-electron chi connectivity index (χ0n) is 21.4. The molecule has 5 nitrogen and oxygen atoms in total. The number of carbonyl (C=O) groups excluding carboxylic acids is 2. The Hall–Kier alpha value is -3.36. The Morgan fingerprint density at radius 2 is 1.62 bits per heavy atom. The predicted octanol–water partition coefficient (Wildman–Crippen LogP) is 6.49. The Labute approximate surface area is 230 Å². The van der Waals surface area contributed by atoms with Crippen LogP contribution in [0.25, 0.3) is 0 Å². The Morgan fingerprint density at radius 1 is 0.974 bits per heavy atom. The van der Waals surface area contributed by atoms with Crippen molar-refractivity contribution in [3.05, 3.63) is 106 Å². The number of esters is 1. The molecule has 1 amide bonds. The second-order valence-corrected chi connectivity index (χ2v) is 9.85. The summed E-state index contributed by atoms with van der Waals surface area (Å²) < 4.78 is 52.8. The lowest BCUT2D eigenvalue weighted by Gasteiger charge is -2.41. The molecule has 1 heterocycles. The van der Waals surface area contributed by atoms with Crippen molar-refractivity contribution in [1.82, 2.24) is 4.90 Å². The van der Waals surface area contributed by atoms with Crippen molar-refractivity contribution in [3.63, 3.8) is 0 Å². The van der Waals surface area contributed by atoms with Gasteiger partial charge >= 0.3 is 12.1 Å². The van der Waals surface area contributed by atoms with Gasteiger partial charge in [0.1, 0.15) is 6.10 Å². The van der Waals surface area contributed by atoms with E-state index in [0.29, 0.717) is 17.0 Å². The molecule has 2 atom stereocenters. The molecule has 9 heteroatoms. The van der Waals surface area contributed by atoms with Gasteiger partial charge in [-0.05, 0) is 48.2 Å². The van der Waals surface area contributed by atoms with Crippen molar-refractivity contribution >= 4 is 23.5 Å². The van der Waals surface area contributed by atoms with Gasteiger partial charge in [0.25, 0.3) is 0 Å². The fourth-order valence-corrected chi connectivity index (χ4v) is 4.74. The number of carbonyl (C=O) groups is 2. The van der Waals surface area contributed by atoms with Gasteiger partial charge in [0.15, 0.2) is 0 Å². The van der Waals surface area contributed by atoms with E-state index in [1.807, 2.05) is 30.3 Å². The number of halogens is 4. The van der Waals surface area contributed by atoms with E-state index in [2.05, 4.69) is 0 Å². The van der Waals surface area contributed by atoms with Crippen LogP contribution in [0.15, 0.2) is 78.9 Å². The fourth-order valence-electron chi connectivity index (χ4n) is 4.61. The molecular weight excluding hydrogens is 531 g/mol. The molecule has 39 heavy (non-hydrogen) atoms. The van der Waals surface area contributed by atoms with Crippen LogP contribution in [0.4, 0.5) is 13.2 Å². The number of alkyl halides is 3. The van der Waals surface area contributed by atoms with Crippen LogP contribution in [0.2, 0.25) is 5.02 Å². The maximum Gasteiger partial charge on any atom is 0.416 e. The van der Waals surface area contributed by atoms with Crippen molar-refractivity contribution < 1.29 is 32.2 Å². The smallest absolute Gasteiger partial charge is 0.416 e. The topological polar surface area (TPSA) is 55.8 Å². The number of likely N-dealkylation sites (tertiary alicyclic amines) is 1. The van der Waals surface area contributed by atoms with Crippen LogP contribution in [0.3, 0.4) is 0 Å². The van der Waals surface area contributed by atoms with E-state index in [9.17, 15) is 22.8 Å². The van der Waals surface area contributed by atoms with E-state index in [4.69, 9.17) is 21.1 Å². The zero-order valence-corrected chi connectivity index (χ0v) is 22.1. The highest BCUT2D eigenvalue weighted by molar-refractivity contribution is 6.30. The summed E-state index contributed by atoms with van der Waals surface area (Å²) in [6.45, 7) is 2.34. The minimum Gasteiger partial charge on any atom is -0.466 e. The molecule has 4 rings (SSSR count). The van der Waals surface area contributed by atoms with Crippen LogP contribution in [-0.2, 0) is 31.7 Å². The van der Waals surface area contributed by atoms with Crippen LogP contribution in [0.5, 0.6) is 0 Å². The number of hydrogen-bond acceptors (Lipinski definition) is 4. The van der Waals surface area contributed by atoms with Gasteiger partial charge in [0.2, 0.25) is 5.91 Å². The molecule has 1 aliphatic rings. The van der Waals surface area contributed by atoms with Gasteiger partial charge in [-0.2, -0.15) is 13.2 Å². The third-order valence-corrected chi connectivity index (χ3v) is 6.87. The molecule has 206 valence electrons. The average Bonchev–Trinajstić information content (AvgIpc) is 2.88. The summed E-state index contributed by atoms with van der Waals surface area (Å²) in [4.78, 5) is 27.1. The zero-order chi connectivity index (χ0) is 28.0. The molecule has 1 fully saturated rings. The quantitative estimate of drug-likeness (QED) is 0.267.